The first-order valence-electron chi connectivity index (χ1n) is 7.54. The monoisotopic (exact) mass is 262 g/mol. The molecule has 3 nitrogen and oxygen atoms in total. The molecule has 0 spiro atoms. The van der Waals surface area contributed by atoms with Gasteiger partial charge in [0.05, 0.1) is 0 Å². The third-order valence-corrected chi connectivity index (χ3v) is 4.06. The van der Waals surface area contributed by atoms with Crippen molar-refractivity contribution in [3.05, 3.63) is 35.4 Å². The molecule has 1 aliphatic rings. The van der Waals surface area contributed by atoms with Crippen molar-refractivity contribution in [2.75, 3.05) is 6.54 Å². The Morgan fingerprint density at radius 1 is 1.05 bits per heavy atom. The minimum Gasteiger partial charge on any atom is -0.316 e. The van der Waals surface area contributed by atoms with Crippen LogP contribution in [-0.4, -0.2) is 11.8 Å². The van der Waals surface area contributed by atoms with E-state index in [1.54, 1.807) is 0 Å². The zero-order valence-electron chi connectivity index (χ0n) is 11.7. The molecule has 0 radical (unpaired) electrons. The van der Waals surface area contributed by atoms with E-state index < -0.39 is 0 Å². The second-order valence-electron chi connectivity index (χ2n) is 5.62. The summed E-state index contributed by atoms with van der Waals surface area (Å²) in [5, 5.41) is 12.2. The number of hydroxylamine groups is 1. The van der Waals surface area contributed by atoms with Crippen LogP contribution in [-0.2, 0) is 13.1 Å². The molecule has 1 aliphatic carbocycles. The summed E-state index contributed by atoms with van der Waals surface area (Å²) in [7, 11) is 0. The first-order chi connectivity index (χ1) is 9.38. The van der Waals surface area contributed by atoms with Crippen LogP contribution >= 0.6 is 0 Å². The summed E-state index contributed by atoms with van der Waals surface area (Å²) in [6.45, 7) is 2.55. The molecule has 0 saturated heterocycles. The van der Waals surface area contributed by atoms with Crippen molar-refractivity contribution >= 4 is 0 Å². The molecule has 1 aromatic rings. The third-order valence-electron chi connectivity index (χ3n) is 4.06. The first kappa shape index (κ1) is 14.5. The average molecular weight is 262 g/mol. The molecule has 3 N–H and O–H groups in total. The molecule has 106 valence electrons. The minimum atomic E-state index is 0.510. The summed E-state index contributed by atoms with van der Waals surface area (Å²) in [4.78, 5) is 0. The number of hydrogen-bond donors (Lipinski definition) is 3. The lowest BCUT2D eigenvalue weighted by molar-refractivity contribution is 0.161. The smallest absolute Gasteiger partial charge is 0.0458 e. The Balaban J connectivity index is 1.65. The molecule has 0 bridgehead atoms. The molecule has 0 aliphatic heterocycles. The lowest BCUT2D eigenvalue weighted by atomic mass is 9.87. The summed E-state index contributed by atoms with van der Waals surface area (Å²) < 4.78 is 0. The Hall–Kier alpha value is -0.900. The predicted molar refractivity (Wildman–Crippen MR) is 78.0 cm³/mol. The van der Waals surface area contributed by atoms with Crippen LogP contribution in [0, 0.1) is 5.92 Å². The summed E-state index contributed by atoms with van der Waals surface area (Å²) >= 11 is 0. The van der Waals surface area contributed by atoms with Crippen molar-refractivity contribution in [2.45, 2.75) is 51.6 Å². The summed E-state index contributed by atoms with van der Waals surface area (Å²) in [6, 6.07) is 8.34. The molecule has 19 heavy (non-hydrogen) atoms. The maximum absolute atomic E-state index is 8.70. The van der Waals surface area contributed by atoms with Crippen molar-refractivity contribution in [1.29, 1.82) is 0 Å². The fourth-order valence-corrected chi connectivity index (χ4v) is 2.96. The van der Waals surface area contributed by atoms with Gasteiger partial charge in [0, 0.05) is 13.1 Å². The van der Waals surface area contributed by atoms with Gasteiger partial charge in [-0.1, -0.05) is 56.4 Å². The molecule has 0 heterocycles. The van der Waals surface area contributed by atoms with Gasteiger partial charge >= 0.3 is 0 Å². The zero-order chi connectivity index (χ0) is 13.3. The normalized spacial score (nSPS) is 16.7. The van der Waals surface area contributed by atoms with Gasteiger partial charge < -0.3 is 10.5 Å². The highest BCUT2D eigenvalue weighted by Crippen LogP contribution is 2.25. The first-order valence-corrected chi connectivity index (χ1v) is 7.54. The van der Waals surface area contributed by atoms with E-state index in [1.165, 1.54) is 44.1 Å². The van der Waals surface area contributed by atoms with Gasteiger partial charge in [0.1, 0.15) is 0 Å². The Kier molecular flexibility index (Phi) is 6.34. The third kappa shape index (κ3) is 5.31. The Morgan fingerprint density at radius 3 is 2.53 bits per heavy atom. The van der Waals surface area contributed by atoms with Crippen molar-refractivity contribution in [3.8, 4) is 0 Å². The second kappa shape index (κ2) is 8.31. The van der Waals surface area contributed by atoms with Gasteiger partial charge in [-0.05, 0) is 30.0 Å². The van der Waals surface area contributed by atoms with Crippen LogP contribution in [0.25, 0.3) is 0 Å². The van der Waals surface area contributed by atoms with E-state index in [4.69, 9.17) is 5.21 Å². The summed E-state index contributed by atoms with van der Waals surface area (Å²) in [5.41, 5.74) is 4.61. The predicted octanol–water partition coefficient (Wildman–Crippen LogP) is 3.23. The van der Waals surface area contributed by atoms with Crippen LogP contribution < -0.4 is 10.8 Å². The number of nitrogens with one attached hydrogen (secondary N) is 2. The van der Waals surface area contributed by atoms with Crippen LogP contribution in [0.2, 0.25) is 0 Å². The Labute approximate surface area is 116 Å². The van der Waals surface area contributed by atoms with Crippen LogP contribution in [0.4, 0.5) is 0 Å². The summed E-state index contributed by atoms with van der Waals surface area (Å²) in [6.07, 6.45) is 8.48. The molecular weight excluding hydrogens is 236 g/mol. The van der Waals surface area contributed by atoms with Crippen LogP contribution in [0.1, 0.15) is 49.7 Å². The van der Waals surface area contributed by atoms with E-state index in [-0.39, 0.29) is 0 Å². The van der Waals surface area contributed by atoms with Gasteiger partial charge in [-0.3, -0.25) is 0 Å². The Bertz CT molecular complexity index is 362. The molecular formula is C16H26N2O. The van der Waals surface area contributed by atoms with E-state index in [0.717, 1.165) is 24.6 Å². The molecule has 0 atom stereocenters. The molecule has 1 saturated carbocycles. The average Bonchev–Trinajstić information content (AvgIpc) is 2.46. The van der Waals surface area contributed by atoms with E-state index in [0.29, 0.717) is 6.54 Å². The lowest BCUT2D eigenvalue weighted by Gasteiger charge is -2.21. The van der Waals surface area contributed by atoms with Gasteiger partial charge in [-0.15, -0.1) is 0 Å². The molecule has 1 aromatic carbocycles. The van der Waals surface area contributed by atoms with Gasteiger partial charge in [0.2, 0.25) is 0 Å². The van der Waals surface area contributed by atoms with E-state index in [9.17, 15) is 0 Å². The number of benzene rings is 1. The van der Waals surface area contributed by atoms with Gasteiger partial charge in [-0.25, -0.2) is 5.48 Å². The van der Waals surface area contributed by atoms with Crippen LogP contribution in [0.15, 0.2) is 24.3 Å². The lowest BCUT2D eigenvalue weighted by Crippen LogP contribution is -2.19. The highest BCUT2D eigenvalue weighted by Gasteiger charge is 2.12. The zero-order valence-corrected chi connectivity index (χ0v) is 11.7. The quantitative estimate of drug-likeness (QED) is 0.522. The second-order valence-corrected chi connectivity index (χ2v) is 5.62. The van der Waals surface area contributed by atoms with Crippen LogP contribution in [0.5, 0.6) is 0 Å². The van der Waals surface area contributed by atoms with Gasteiger partial charge in [0.25, 0.3) is 0 Å². The summed E-state index contributed by atoms with van der Waals surface area (Å²) in [5.74, 6) is 0.950. The molecule has 0 aromatic heterocycles. The highest BCUT2D eigenvalue weighted by molar-refractivity contribution is 5.23. The van der Waals surface area contributed by atoms with Crippen molar-refractivity contribution in [3.63, 3.8) is 0 Å². The van der Waals surface area contributed by atoms with Crippen molar-refractivity contribution < 1.29 is 5.21 Å². The Morgan fingerprint density at radius 2 is 1.79 bits per heavy atom. The van der Waals surface area contributed by atoms with E-state index >= 15 is 0 Å². The molecule has 3 heteroatoms. The van der Waals surface area contributed by atoms with Gasteiger partial charge in [0.15, 0.2) is 0 Å². The highest BCUT2D eigenvalue weighted by atomic mass is 16.5. The van der Waals surface area contributed by atoms with Gasteiger partial charge in [-0.2, -0.15) is 0 Å². The molecule has 0 amide bonds. The fraction of sp³-hybridized carbons (Fsp3) is 0.625. The molecule has 2 rings (SSSR count). The van der Waals surface area contributed by atoms with E-state index in [2.05, 4.69) is 22.9 Å². The minimum absolute atomic E-state index is 0.510. The fourth-order valence-electron chi connectivity index (χ4n) is 2.96. The maximum Gasteiger partial charge on any atom is 0.0458 e. The molecule has 1 fully saturated rings. The number of rotatable bonds is 7. The largest absolute Gasteiger partial charge is 0.316 e. The van der Waals surface area contributed by atoms with Crippen LogP contribution in [0.3, 0.4) is 0 Å². The topological polar surface area (TPSA) is 44.3 Å². The standard InChI is InChI=1S/C16H26N2O/c19-18-13-16-8-4-7-15(11-16)12-17-10-9-14-5-2-1-3-6-14/h4,7-8,11,14,17-19H,1-3,5-6,9-10,12-13H2. The van der Waals surface area contributed by atoms with E-state index in [1.807, 2.05) is 12.1 Å². The maximum atomic E-state index is 8.70. The SMILES string of the molecule is ONCc1cccc(CNCCC2CCCCC2)c1. The van der Waals surface area contributed by atoms with Crippen molar-refractivity contribution in [1.82, 2.24) is 10.8 Å². The molecule has 0 unspecified atom stereocenters. The van der Waals surface area contributed by atoms with Crippen molar-refractivity contribution in [2.24, 2.45) is 5.92 Å². The number of hydrogen-bond acceptors (Lipinski definition) is 3.